The topological polar surface area (TPSA) is 171 Å². The number of aromatic nitrogens is 3. The predicted octanol–water partition coefficient (Wildman–Crippen LogP) is 6.56. The molecule has 14 nitrogen and oxygen atoms in total. The molecule has 0 spiro atoms. The predicted molar refractivity (Wildman–Crippen MR) is 214 cm³/mol. The minimum atomic E-state index is -0.684. The smallest absolute Gasteiger partial charge is 0.407 e. The summed E-state index contributed by atoms with van der Waals surface area (Å²) in [6.45, 7) is 9.49. The summed E-state index contributed by atoms with van der Waals surface area (Å²) >= 11 is 0. The monoisotopic (exact) mass is 781 g/mol. The molecule has 1 unspecified atom stereocenters. The van der Waals surface area contributed by atoms with E-state index in [4.69, 9.17) is 19.2 Å². The van der Waals surface area contributed by atoms with Gasteiger partial charge in [0.05, 0.1) is 50.5 Å². The van der Waals surface area contributed by atoms with E-state index < -0.39 is 24.3 Å². The summed E-state index contributed by atoms with van der Waals surface area (Å²) in [5, 5.41) is 5.45. The number of amides is 4. The van der Waals surface area contributed by atoms with Gasteiger partial charge >= 0.3 is 12.2 Å². The Morgan fingerprint density at radius 2 is 1.47 bits per heavy atom. The standard InChI is InChI=1S/C43H55N7O7/c1-24(2)34(47-42(53)55-5)40(51)49-20-7-9-32(49)37-30-19-22-57-38(30)36(46-37)29-17-13-27(14-18-29)26-11-15-28(16-12-26)31-23-44-39(45-31)33-10-8-21-50(33)41(52)35(25(3)4)48-43(54)56-6/h11-13,15-18,23-25,27,32-35,46H,7-10,14,19-22H2,1-6H3,(H,44,45)(H,47,53)(H,48,54)/t27?,32-,33-,34-,35-/m0/s1. The van der Waals surface area contributed by atoms with Gasteiger partial charge in [-0.3, -0.25) is 9.59 Å². The van der Waals surface area contributed by atoms with Crippen LogP contribution in [0.5, 0.6) is 5.75 Å². The van der Waals surface area contributed by atoms with Gasteiger partial charge in [0.1, 0.15) is 23.7 Å². The number of ether oxygens (including phenoxy) is 3. The normalized spacial score (nSPS) is 21.3. The molecule has 3 aliphatic heterocycles. The molecular weight excluding hydrogens is 727 g/mol. The van der Waals surface area contributed by atoms with Crippen molar-refractivity contribution in [1.82, 2.24) is 35.4 Å². The SMILES string of the molecule is COC(=O)N[C@H](C(=O)N1CCC[C@H]1c1ncc(-c2ccc(C3C=CC(c4[nH]c([C@@H]5CCCN5C(=O)[C@@H](NC(=O)OC)C(C)C)c5c4OCC5)=CC3)cc2)[nH]1)C(C)C. The lowest BCUT2D eigenvalue weighted by atomic mass is 9.89. The van der Waals surface area contributed by atoms with Gasteiger partial charge in [0.25, 0.3) is 0 Å². The minimum absolute atomic E-state index is 0.0967. The Bertz CT molecular complexity index is 2030. The van der Waals surface area contributed by atoms with Crippen molar-refractivity contribution in [2.45, 2.75) is 96.3 Å². The lowest BCUT2D eigenvalue weighted by Gasteiger charge is -2.30. The van der Waals surface area contributed by atoms with E-state index in [0.29, 0.717) is 19.7 Å². The molecule has 57 heavy (non-hydrogen) atoms. The third kappa shape index (κ3) is 8.04. The molecule has 7 rings (SSSR count). The second-order valence-electron chi connectivity index (χ2n) is 16.1. The Morgan fingerprint density at radius 3 is 2.05 bits per heavy atom. The molecule has 2 aromatic heterocycles. The van der Waals surface area contributed by atoms with Crippen LogP contribution in [0.3, 0.4) is 0 Å². The number of alkyl carbamates (subject to hydrolysis) is 2. The second kappa shape index (κ2) is 16.9. The maximum Gasteiger partial charge on any atom is 0.407 e. The summed E-state index contributed by atoms with van der Waals surface area (Å²) in [6, 6.07) is 6.82. The van der Waals surface area contributed by atoms with Gasteiger partial charge in [-0.2, -0.15) is 0 Å². The van der Waals surface area contributed by atoms with Gasteiger partial charge in [-0.05, 0) is 60.6 Å². The van der Waals surface area contributed by atoms with Crippen LogP contribution in [0.2, 0.25) is 0 Å². The van der Waals surface area contributed by atoms with E-state index in [-0.39, 0.29) is 41.7 Å². The zero-order chi connectivity index (χ0) is 40.4. The van der Waals surface area contributed by atoms with Crippen molar-refractivity contribution in [3.05, 3.63) is 77.0 Å². The fraction of sp³-hybridized carbons (Fsp3) is 0.512. The Morgan fingerprint density at radius 1 is 0.860 bits per heavy atom. The number of allylic oxidation sites excluding steroid dienone is 4. The Labute approximate surface area is 333 Å². The molecular formula is C43H55N7O7. The summed E-state index contributed by atoms with van der Waals surface area (Å²) in [7, 11) is 2.60. The highest BCUT2D eigenvalue weighted by atomic mass is 16.5. The molecule has 0 saturated carbocycles. The molecule has 14 heteroatoms. The van der Waals surface area contributed by atoms with E-state index in [0.717, 1.165) is 83.9 Å². The molecule has 0 radical (unpaired) electrons. The van der Waals surface area contributed by atoms with E-state index in [1.165, 1.54) is 19.8 Å². The fourth-order valence-corrected chi connectivity index (χ4v) is 8.71. The van der Waals surface area contributed by atoms with E-state index >= 15 is 0 Å². The molecule has 304 valence electrons. The van der Waals surface area contributed by atoms with E-state index in [9.17, 15) is 19.2 Å². The second-order valence-corrected chi connectivity index (χ2v) is 16.1. The number of rotatable bonds is 11. The Balaban J connectivity index is 1.02. The first-order chi connectivity index (χ1) is 27.5. The highest BCUT2D eigenvalue weighted by molar-refractivity contribution is 5.87. The van der Waals surface area contributed by atoms with Gasteiger partial charge < -0.3 is 44.6 Å². The van der Waals surface area contributed by atoms with Gasteiger partial charge in [-0.25, -0.2) is 14.6 Å². The van der Waals surface area contributed by atoms with Crippen LogP contribution >= 0.6 is 0 Å². The Kier molecular flexibility index (Phi) is 11.8. The zero-order valence-corrected chi connectivity index (χ0v) is 33.7. The number of carbonyl (C=O) groups is 4. The number of H-pyrrole nitrogens is 2. The summed E-state index contributed by atoms with van der Waals surface area (Å²) < 4.78 is 15.8. The molecule has 2 saturated heterocycles. The van der Waals surface area contributed by atoms with Gasteiger partial charge in [-0.15, -0.1) is 0 Å². The van der Waals surface area contributed by atoms with Gasteiger partial charge in [0.2, 0.25) is 11.8 Å². The number of nitrogens with zero attached hydrogens (tertiary/aromatic N) is 3. The largest absolute Gasteiger partial charge is 0.491 e. The number of aromatic amines is 2. The average Bonchev–Trinajstić information content (AvgIpc) is 4.07. The van der Waals surface area contributed by atoms with Crippen LogP contribution in [0, 0.1) is 11.8 Å². The number of methoxy groups -OCH3 is 2. The van der Waals surface area contributed by atoms with Crippen molar-refractivity contribution in [3.8, 4) is 17.0 Å². The van der Waals surface area contributed by atoms with E-state index in [1.807, 2.05) is 43.7 Å². The van der Waals surface area contributed by atoms with E-state index in [2.05, 4.69) is 63.1 Å². The number of benzene rings is 1. The number of fused-ring (bicyclic) bond motifs is 1. The number of imidazole rings is 1. The molecule has 3 aromatic rings. The van der Waals surface area contributed by atoms with Crippen LogP contribution in [0.1, 0.15) is 106 Å². The molecule has 1 aliphatic carbocycles. The first kappa shape index (κ1) is 39.7. The molecule has 2 fully saturated rings. The van der Waals surface area contributed by atoms with E-state index in [1.54, 1.807) is 0 Å². The molecule has 4 N–H and O–H groups in total. The zero-order valence-electron chi connectivity index (χ0n) is 33.7. The molecule has 1 aromatic carbocycles. The highest BCUT2D eigenvalue weighted by Crippen LogP contribution is 2.45. The van der Waals surface area contributed by atoms with Gasteiger partial charge in [0, 0.05) is 36.7 Å². The van der Waals surface area contributed by atoms with Crippen LogP contribution in [-0.2, 0) is 25.5 Å². The van der Waals surface area contributed by atoms with Crippen molar-refractivity contribution in [3.63, 3.8) is 0 Å². The third-order valence-corrected chi connectivity index (χ3v) is 11.8. The first-order valence-corrected chi connectivity index (χ1v) is 20.2. The number of hydrogen-bond acceptors (Lipinski definition) is 8. The minimum Gasteiger partial charge on any atom is -0.491 e. The number of likely N-dealkylation sites (tertiary alicyclic amines) is 2. The van der Waals surface area contributed by atoms with Crippen LogP contribution in [-0.4, -0.2) is 94.8 Å². The van der Waals surface area contributed by atoms with Crippen molar-refractivity contribution in [2.24, 2.45) is 11.8 Å². The lowest BCUT2D eigenvalue weighted by Crippen LogP contribution is -2.51. The first-order valence-electron chi connectivity index (χ1n) is 20.2. The molecule has 4 amide bonds. The van der Waals surface area contributed by atoms with Crippen LogP contribution < -0.4 is 15.4 Å². The summed E-state index contributed by atoms with van der Waals surface area (Å²) in [4.78, 5) is 67.0. The Hall–Kier alpha value is -5.53. The molecule has 5 heterocycles. The lowest BCUT2D eigenvalue weighted by molar-refractivity contribution is -0.136. The van der Waals surface area contributed by atoms with Crippen LogP contribution in [0.4, 0.5) is 9.59 Å². The quantitative estimate of drug-likeness (QED) is 0.170. The number of hydrogen-bond donors (Lipinski definition) is 4. The summed E-state index contributed by atoms with van der Waals surface area (Å²) in [5.41, 5.74) is 7.26. The summed E-state index contributed by atoms with van der Waals surface area (Å²) in [5.74, 6) is 1.38. The molecule has 4 aliphatic rings. The maximum absolute atomic E-state index is 13.8. The number of nitrogens with one attached hydrogen (secondary N) is 4. The summed E-state index contributed by atoms with van der Waals surface area (Å²) in [6.07, 6.45) is 12.2. The highest BCUT2D eigenvalue weighted by Gasteiger charge is 2.40. The van der Waals surface area contributed by atoms with Crippen molar-refractivity contribution < 1.29 is 33.4 Å². The van der Waals surface area contributed by atoms with Crippen molar-refractivity contribution in [1.29, 1.82) is 0 Å². The average molecular weight is 782 g/mol. The van der Waals surface area contributed by atoms with Crippen molar-refractivity contribution in [2.75, 3.05) is 33.9 Å². The van der Waals surface area contributed by atoms with Crippen LogP contribution in [0.25, 0.3) is 16.8 Å². The number of carbonyl (C=O) groups excluding carboxylic acids is 4. The third-order valence-electron chi connectivity index (χ3n) is 11.8. The fourth-order valence-electron chi connectivity index (χ4n) is 8.71. The van der Waals surface area contributed by atoms with Gasteiger partial charge in [0.15, 0.2) is 0 Å². The van der Waals surface area contributed by atoms with Crippen molar-refractivity contribution >= 4 is 29.6 Å². The van der Waals surface area contributed by atoms with Gasteiger partial charge in [-0.1, -0.05) is 70.2 Å². The molecule has 0 bridgehead atoms. The molecule has 5 atom stereocenters. The van der Waals surface area contributed by atoms with Crippen LogP contribution in [0.15, 0.2) is 48.7 Å². The maximum atomic E-state index is 13.8.